The van der Waals surface area contributed by atoms with Gasteiger partial charge < -0.3 is 5.32 Å². The molecule has 0 aliphatic heterocycles. The molecule has 5 atom stereocenters. The second kappa shape index (κ2) is 4.86. The first kappa shape index (κ1) is 11.4. The van der Waals surface area contributed by atoms with Crippen molar-refractivity contribution in [2.24, 2.45) is 17.8 Å². The van der Waals surface area contributed by atoms with Crippen molar-refractivity contribution in [1.29, 1.82) is 0 Å². The molecule has 1 nitrogen and oxygen atoms in total. The van der Waals surface area contributed by atoms with E-state index >= 15 is 0 Å². The maximum atomic E-state index is 3.91. The normalized spacial score (nSPS) is 45.4. The number of rotatable bonds is 4. The van der Waals surface area contributed by atoms with Crippen LogP contribution >= 0.6 is 0 Å². The summed E-state index contributed by atoms with van der Waals surface area (Å²) in [4.78, 5) is 0. The van der Waals surface area contributed by atoms with Crippen LogP contribution in [-0.4, -0.2) is 12.1 Å². The summed E-state index contributed by atoms with van der Waals surface area (Å²) in [5, 5.41) is 3.91. The Hall–Kier alpha value is -0.0400. The van der Waals surface area contributed by atoms with Gasteiger partial charge in [0.15, 0.2) is 0 Å². The van der Waals surface area contributed by atoms with Gasteiger partial charge in [-0.1, -0.05) is 33.6 Å². The molecule has 2 aliphatic rings. The van der Waals surface area contributed by atoms with Gasteiger partial charge in [0.05, 0.1) is 0 Å². The van der Waals surface area contributed by atoms with Gasteiger partial charge in [-0.3, -0.25) is 0 Å². The summed E-state index contributed by atoms with van der Waals surface area (Å²) < 4.78 is 0. The third-order valence-electron chi connectivity index (χ3n) is 4.47. The average molecular weight is 209 g/mol. The van der Waals surface area contributed by atoms with Crippen molar-refractivity contribution < 1.29 is 0 Å². The fraction of sp³-hybridized carbons (Fsp3) is 1.00. The van der Waals surface area contributed by atoms with Crippen molar-refractivity contribution in [3.63, 3.8) is 0 Å². The second-order valence-corrected chi connectivity index (χ2v) is 6.06. The Bertz CT molecular complexity index is 202. The molecule has 0 aromatic heterocycles. The van der Waals surface area contributed by atoms with Crippen molar-refractivity contribution >= 4 is 0 Å². The van der Waals surface area contributed by atoms with E-state index in [2.05, 4.69) is 26.1 Å². The van der Waals surface area contributed by atoms with E-state index in [1.165, 1.54) is 38.5 Å². The van der Waals surface area contributed by atoms with Gasteiger partial charge in [0.1, 0.15) is 0 Å². The van der Waals surface area contributed by atoms with Crippen LogP contribution in [0.1, 0.15) is 59.3 Å². The monoisotopic (exact) mass is 209 g/mol. The maximum Gasteiger partial charge on any atom is 0.0102 e. The van der Waals surface area contributed by atoms with Gasteiger partial charge in [0.25, 0.3) is 0 Å². The molecule has 0 aromatic carbocycles. The Morgan fingerprint density at radius 1 is 1.07 bits per heavy atom. The van der Waals surface area contributed by atoms with Gasteiger partial charge in [0, 0.05) is 12.1 Å². The molecule has 0 amide bonds. The fourth-order valence-corrected chi connectivity index (χ4v) is 3.18. The number of nitrogens with one attached hydrogen (secondary N) is 1. The van der Waals surface area contributed by atoms with Gasteiger partial charge in [-0.05, 0) is 43.4 Å². The van der Waals surface area contributed by atoms with Gasteiger partial charge in [-0.15, -0.1) is 0 Å². The highest BCUT2D eigenvalue weighted by molar-refractivity contribution is 4.96. The summed E-state index contributed by atoms with van der Waals surface area (Å²) >= 11 is 0. The number of hydrogen-bond donors (Lipinski definition) is 1. The predicted molar refractivity (Wildman–Crippen MR) is 65.9 cm³/mol. The van der Waals surface area contributed by atoms with Crippen molar-refractivity contribution in [2.75, 3.05) is 0 Å². The highest BCUT2D eigenvalue weighted by atomic mass is 15.0. The Morgan fingerprint density at radius 3 is 2.60 bits per heavy atom. The minimum Gasteiger partial charge on any atom is -0.311 e. The zero-order valence-electron chi connectivity index (χ0n) is 10.6. The highest BCUT2D eigenvalue weighted by Crippen LogP contribution is 2.37. The maximum absolute atomic E-state index is 3.91. The molecule has 0 spiro atoms. The minimum absolute atomic E-state index is 0.820. The summed E-state index contributed by atoms with van der Waals surface area (Å²) in [6, 6.07) is 1.70. The largest absolute Gasteiger partial charge is 0.311 e. The van der Waals surface area contributed by atoms with Crippen molar-refractivity contribution in [2.45, 2.75) is 71.4 Å². The molecule has 15 heavy (non-hydrogen) atoms. The lowest BCUT2D eigenvalue weighted by molar-refractivity contribution is 0.224. The lowest BCUT2D eigenvalue weighted by Crippen LogP contribution is -2.41. The molecular formula is C14H27N. The van der Waals surface area contributed by atoms with E-state index in [1.54, 1.807) is 0 Å². The molecule has 1 heteroatoms. The molecule has 0 radical (unpaired) electrons. The van der Waals surface area contributed by atoms with Gasteiger partial charge in [-0.2, -0.15) is 0 Å². The fourth-order valence-electron chi connectivity index (χ4n) is 3.18. The van der Waals surface area contributed by atoms with Gasteiger partial charge >= 0.3 is 0 Å². The first-order valence-corrected chi connectivity index (χ1v) is 6.96. The Balaban J connectivity index is 1.74. The van der Waals surface area contributed by atoms with Crippen LogP contribution in [0.25, 0.3) is 0 Å². The SMILES string of the molecule is CCCC1CC1NC1CC(C)CCC1C. The van der Waals surface area contributed by atoms with E-state index in [4.69, 9.17) is 0 Å². The average Bonchev–Trinajstić information content (AvgIpc) is 2.91. The van der Waals surface area contributed by atoms with Crippen LogP contribution in [0.4, 0.5) is 0 Å². The topological polar surface area (TPSA) is 12.0 Å². The molecule has 2 saturated carbocycles. The van der Waals surface area contributed by atoms with Crippen LogP contribution < -0.4 is 5.32 Å². The lowest BCUT2D eigenvalue weighted by Gasteiger charge is -2.33. The van der Waals surface area contributed by atoms with E-state index in [0.29, 0.717) is 0 Å². The highest BCUT2D eigenvalue weighted by Gasteiger charge is 2.39. The molecule has 1 N–H and O–H groups in total. The van der Waals surface area contributed by atoms with Crippen LogP contribution in [0.15, 0.2) is 0 Å². The Labute approximate surface area is 95.0 Å². The molecule has 2 fully saturated rings. The molecule has 5 unspecified atom stereocenters. The van der Waals surface area contributed by atoms with Gasteiger partial charge in [-0.25, -0.2) is 0 Å². The van der Waals surface area contributed by atoms with E-state index < -0.39 is 0 Å². The Kier molecular flexibility index (Phi) is 3.71. The summed E-state index contributed by atoms with van der Waals surface area (Å²) in [6.07, 6.45) is 8.54. The van der Waals surface area contributed by atoms with Crippen LogP contribution in [0, 0.1) is 17.8 Å². The molecule has 0 bridgehead atoms. The molecule has 88 valence electrons. The molecule has 0 saturated heterocycles. The summed E-state index contributed by atoms with van der Waals surface area (Å²) in [5.74, 6) is 2.87. The first-order valence-electron chi connectivity index (χ1n) is 6.96. The quantitative estimate of drug-likeness (QED) is 0.746. The zero-order valence-corrected chi connectivity index (χ0v) is 10.6. The van der Waals surface area contributed by atoms with Crippen LogP contribution in [0.5, 0.6) is 0 Å². The van der Waals surface area contributed by atoms with Crippen LogP contribution in [-0.2, 0) is 0 Å². The number of hydrogen-bond acceptors (Lipinski definition) is 1. The molecule has 0 aromatic rings. The first-order chi connectivity index (χ1) is 7.20. The van der Waals surface area contributed by atoms with E-state index in [-0.39, 0.29) is 0 Å². The van der Waals surface area contributed by atoms with Crippen LogP contribution in [0.2, 0.25) is 0 Å². The van der Waals surface area contributed by atoms with Crippen LogP contribution in [0.3, 0.4) is 0 Å². The summed E-state index contributed by atoms with van der Waals surface area (Å²) in [6.45, 7) is 7.15. The van der Waals surface area contributed by atoms with Gasteiger partial charge in [0.2, 0.25) is 0 Å². The predicted octanol–water partition coefficient (Wildman–Crippen LogP) is 3.59. The lowest BCUT2D eigenvalue weighted by atomic mass is 9.80. The smallest absolute Gasteiger partial charge is 0.0102 e. The Morgan fingerprint density at radius 2 is 1.87 bits per heavy atom. The standard InChI is InChI=1S/C14H27N/c1-4-5-12-9-14(12)15-13-8-10(2)6-7-11(13)3/h10-15H,4-9H2,1-3H3. The third-order valence-corrected chi connectivity index (χ3v) is 4.47. The van der Waals surface area contributed by atoms with E-state index in [0.717, 1.165) is 29.8 Å². The molecule has 0 heterocycles. The second-order valence-electron chi connectivity index (χ2n) is 6.06. The molecule has 2 aliphatic carbocycles. The third kappa shape index (κ3) is 2.96. The minimum atomic E-state index is 0.820. The van der Waals surface area contributed by atoms with E-state index in [1.807, 2.05) is 0 Å². The summed E-state index contributed by atoms with van der Waals surface area (Å²) in [7, 11) is 0. The van der Waals surface area contributed by atoms with E-state index in [9.17, 15) is 0 Å². The summed E-state index contributed by atoms with van der Waals surface area (Å²) in [5.41, 5.74) is 0. The zero-order chi connectivity index (χ0) is 10.8. The van der Waals surface area contributed by atoms with Crippen molar-refractivity contribution in [3.05, 3.63) is 0 Å². The molecular weight excluding hydrogens is 182 g/mol. The molecule has 2 rings (SSSR count). The van der Waals surface area contributed by atoms with Crippen molar-refractivity contribution in [1.82, 2.24) is 5.32 Å². The van der Waals surface area contributed by atoms with Crippen molar-refractivity contribution in [3.8, 4) is 0 Å².